The fourth-order valence-electron chi connectivity index (χ4n) is 3.67. The van der Waals surface area contributed by atoms with E-state index in [0.717, 1.165) is 32.1 Å². The predicted molar refractivity (Wildman–Crippen MR) is 86.2 cm³/mol. The Labute approximate surface area is 133 Å². The molecule has 22 heavy (non-hydrogen) atoms. The van der Waals surface area contributed by atoms with E-state index in [4.69, 9.17) is 9.47 Å². The van der Waals surface area contributed by atoms with Crippen LogP contribution in [0.25, 0.3) is 0 Å². The molecule has 1 aromatic carbocycles. The summed E-state index contributed by atoms with van der Waals surface area (Å²) < 4.78 is 22.8. The van der Waals surface area contributed by atoms with Crippen molar-refractivity contribution in [2.45, 2.75) is 42.6 Å². The van der Waals surface area contributed by atoms with Crippen LogP contribution < -0.4 is 9.47 Å². The van der Waals surface area contributed by atoms with Crippen molar-refractivity contribution in [2.24, 2.45) is 5.92 Å². The molecule has 2 fully saturated rings. The lowest BCUT2D eigenvalue weighted by Crippen LogP contribution is -2.41. The molecule has 4 nitrogen and oxygen atoms in total. The van der Waals surface area contributed by atoms with Crippen LogP contribution in [0.2, 0.25) is 0 Å². The molecule has 120 valence electrons. The first-order chi connectivity index (χ1) is 10.6. The molecular formula is C17H22O4S. The van der Waals surface area contributed by atoms with E-state index >= 15 is 0 Å². The summed E-state index contributed by atoms with van der Waals surface area (Å²) in [4.78, 5) is 12.9. The molecule has 5 heteroatoms. The highest BCUT2D eigenvalue weighted by Gasteiger charge is 2.41. The number of hydrogen-bond donors (Lipinski definition) is 0. The fourth-order valence-corrected chi connectivity index (χ4v) is 5.86. The van der Waals surface area contributed by atoms with Gasteiger partial charge in [-0.3, -0.25) is 9.00 Å². The first kappa shape index (κ1) is 15.5. The molecule has 1 aromatic rings. The minimum Gasteiger partial charge on any atom is -0.497 e. The Bertz CT molecular complexity index is 582. The van der Waals surface area contributed by atoms with Gasteiger partial charge in [-0.15, -0.1) is 0 Å². The van der Waals surface area contributed by atoms with Crippen LogP contribution in [-0.4, -0.2) is 34.7 Å². The Balaban J connectivity index is 1.84. The molecule has 2 atom stereocenters. The molecule has 2 heterocycles. The molecule has 0 amide bonds. The molecule has 2 saturated heterocycles. The highest BCUT2D eigenvalue weighted by atomic mass is 32.2. The maximum absolute atomic E-state index is 12.9. The highest BCUT2D eigenvalue weighted by molar-refractivity contribution is 7.86. The Morgan fingerprint density at radius 1 is 1.14 bits per heavy atom. The van der Waals surface area contributed by atoms with Crippen LogP contribution in [-0.2, 0) is 10.8 Å². The van der Waals surface area contributed by atoms with E-state index in [0.29, 0.717) is 17.1 Å². The van der Waals surface area contributed by atoms with Crippen LogP contribution in [0.4, 0.5) is 0 Å². The maximum Gasteiger partial charge on any atom is 0.169 e. The van der Waals surface area contributed by atoms with Crippen LogP contribution in [0.3, 0.4) is 0 Å². The maximum atomic E-state index is 12.9. The first-order valence-corrected chi connectivity index (χ1v) is 9.07. The summed E-state index contributed by atoms with van der Waals surface area (Å²) in [5.74, 6) is 1.32. The predicted octanol–water partition coefficient (Wildman–Crippen LogP) is 2.97. The molecule has 3 rings (SSSR count). The number of methoxy groups -OCH3 is 2. The summed E-state index contributed by atoms with van der Waals surface area (Å²) in [6, 6.07) is 5.31. The quantitative estimate of drug-likeness (QED) is 0.800. The number of carbonyl (C=O) groups excluding carboxylic acids is 1. The van der Waals surface area contributed by atoms with Gasteiger partial charge in [-0.25, -0.2) is 0 Å². The summed E-state index contributed by atoms with van der Waals surface area (Å²) in [6.45, 7) is 0. The monoisotopic (exact) mass is 322 g/mol. The minimum atomic E-state index is -0.745. The zero-order chi connectivity index (χ0) is 15.7. The lowest BCUT2D eigenvalue weighted by atomic mass is 9.84. The van der Waals surface area contributed by atoms with Gasteiger partial charge in [0.05, 0.1) is 19.8 Å². The van der Waals surface area contributed by atoms with Gasteiger partial charge in [0.2, 0.25) is 0 Å². The number of carbonyl (C=O) groups is 1. The van der Waals surface area contributed by atoms with Crippen molar-refractivity contribution in [3.8, 4) is 11.5 Å². The van der Waals surface area contributed by atoms with Crippen molar-refractivity contribution in [3.63, 3.8) is 0 Å². The number of ether oxygens (including phenoxy) is 2. The van der Waals surface area contributed by atoms with Crippen molar-refractivity contribution in [3.05, 3.63) is 23.8 Å². The van der Waals surface area contributed by atoms with Gasteiger partial charge in [0, 0.05) is 33.3 Å². The van der Waals surface area contributed by atoms with Crippen molar-refractivity contribution < 1.29 is 18.5 Å². The summed E-state index contributed by atoms with van der Waals surface area (Å²) in [6.07, 6.45) is 4.63. The third-order valence-corrected chi connectivity index (χ3v) is 7.02. The van der Waals surface area contributed by atoms with Crippen molar-refractivity contribution >= 4 is 16.6 Å². The molecule has 0 radical (unpaired) electrons. The van der Waals surface area contributed by atoms with Crippen molar-refractivity contribution in [1.82, 2.24) is 0 Å². The van der Waals surface area contributed by atoms with Gasteiger partial charge >= 0.3 is 0 Å². The summed E-state index contributed by atoms with van der Waals surface area (Å²) >= 11 is 0. The molecule has 0 saturated carbocycles. The van der Waals surface area contributed by atoms with Crippen molar-refractivity contribution in [1.29, 1.82) is 0 Å². The second kappa shape index (κ2) is 6.41. The number of Topliss-reactive ketones (excluding diaryl/α,β-unsaturated/α-hetero) is 1. The van der Waals surface area contributed by atoms with Gasteiger partial charge in [-0.05, 0) is 37.8 Å². The highest BCUT2D eigenvalue weighted by Crippen LogP contribution is 2.39. The van der Waals surface area contributed by atoms with E-state index in [1.54, 1.807) is 32.4 Å². The van der Waals surface area contributed by atoms with Crippen LogP contribution in [0.5, 0.6) is 11.5 Å². The normalized spacial score (nSPS) is 30.6. The van der Waals surface area contributed by atoms with Gasteiger partial charge in [-0.1, -0.05) is 6.42 Å². The third-order valence-electron chi connectivity index (χ3n) is 4.85. The Kier molecular flexibility index (Phi) is 4.52. The van der Waals surface area contributed by atoms with Gasteiger partial charge in [0.15, 0.2) is 5.78 Å². The molecule has 0 aromatic heterocycles. The van der Waals surface area contributed by atoms with Crippen molar-refractivity contribution in [2.75, 3.05) is 14.2 Å². The zero-order valence-electron chi connectivity index (χ0n) is 13.0. The second-order valence-electron chi connectivity index (χ2n) is 6.10. The smallest absolute Gasteiger partial charge is 0.169 e. The first-order valence-electron chi connectivity index (χ1n) is 7.79. The van der Waals surface area contributed by atoms with Gasteiger partial charge in [-0.2, -0.15) is 0 Å². The van der Waals surface area contributed by atoms with Gasteiger partial charge in [0.1, 0.15) is 11.5 Å². The number of hydrogen-bond acceptors (Lipinski definition) is 4. The molecule has 0 N–H and O–H groups in total. The largest absolute Gasteiger partial charge is 0.497 e. The van der Waals surface area contributed by atoms with Crippen LogP contribution in [0.15, 0.2) is 18.2 Å². The van der Waals surface area contributed by atoms with E-state index in [-0.39, 0.29) is 22.2 Å². The van der Waals surface area contributed by atoms with Gasteiger partial charge < -0.3 is 9.47 Å². The van der Waals surface area contributed by atoms with Crippen LogP contribution in [0.1, 0.15) is 42.5 Å². The number of benzene rings is 1. The summed E-state index contributed by atoms with van der Waals surface area (Å²) in [5.41, 5.74) is 0.610. The Morgan fingerprint density at radius 3 is 2.41 bits per heavy atom. The number of fused-ring (bicyclic) bond motifs is 2. The molecular weight excluding hydrogens is 300 g/mol. The molecule has 2 aliphatic rings. The average molecular weight is 322 g/mol. The van der Waals surface area contributed by atoms with E-state index in [2.05, 4.69) is 0 Å². The number of rotatable bonds is 4. The standard InChI is InChI=1S/C17H22O4S/c1-20-12-6-7-15(16(10-12)21-2)17(18)11-8-13-4-3-5-14(9-11)22(13)19/h6-7,10-11,13-14H,3-5,8-9H2,1-2H3. The third kappa shape index (κ3) is 2.78. The van der Waals surface area contributed by atoms with E-state index in [1.807, 2.05) is 0 Å². The second-order valence-corrected chi connectivity index (χ2v) is 8.09. The van der Waals surface area contributed by atoms with E-state index in [9.17, 15) is 9.00 Å². The summed E-state index contributed by atoms with van der Waals surface area (Å²) in [7, 11) is 2.41. The molecule has 2 aliphatic heterocycles. The van der Waals surface area contributed by atoms with Crippen LogP contribution >= 0.6 is 0 Å². The minimum absolute atomic E-state index is 0.0321. The zero-order valence-corrected chi connectivity index (χ0v) is 13.9. The van der Waals surface area contributed by atoms with Gasteiger partial charge in [0.25, 0.3) is 0 Å². The van der Waals surface area contributed by atoms with Crippen LogP contribution in [0, 0.1) is 5.92 Å². The summed E-state index contributed by atoms with van der Waals surface area (Å²) in [5, 5.41) is 0.399. The molecule has 2 bridgehead atoms. The lowest BCUT2D eigenvalue weighted by molar-refractivity contribution is 0.0892. The molecule has 0 spiro atoms. The van der Waals surface area contributed by atoms with E-state index in [1.165, 1.54) is 0 Å². The molecule has 0 aliphatic carbocycles. The topological polar surface area (TPSA) is 52.6 Å². The Hall–Kier alpha value is -1.36. The lowest BCUT2D eigenvalue weighted by Gasteiger charge is -2.37. The fraction of sp³-hybridized carbons (Fsp3) is 0.588. The Morgan fingerprint density at radius 2 is 1.82 bits per heavy atom. The SMILES string of the molecule is COc1ccc(C(=O)C2CC3CCCC(C2)S3=O)c(OC)c1. The average Bonchev–Trinajstić information content (AvgIpc) is 2.53. The number of ketones is 1. The van der Waals surface area contributed by atoms with E-state index < -0.39 is 10.8 Å². The molecule has 2 unspecified atom stereocenters.